The second-order valence-electron chi connectivity index (χ2n) is 8.31. The lowest BCUT2D eigenvalue weighted by molar-refractivity contribution is -0.155. The fourth-order valence-electron chi connectivity index (χ4n) is 4.63. The number of carbonyl (C=O) groups is 4. The molecule has 174 valence electrons. The van der Waals surface area contributed by atoms with Crippen molar-refractivity contribution < 1.29 is 24.3 Å². The summed E-state index contributed by atoms with van der Waals surface area (Å²) >= 11 is 0. The van der Waals surface area contributed by atoms with Gasteiger partial charge in [0, 0.05) is 6.54 Å². The third kappa shape index (κ3) is 4.79. The first-order valence-corrected chi connectivity index (χ1v) is 10.6. The summed E-state index contributed by atoms with van der Waals surface area (Å²) in [5.41, 5.74) is 17.2. The third-order valence-corrected chi connectivity index (χ3v) is 6.19. The highest BCUT2D eigenvalue weighted by atomic mass is 16.4. The van der Waals surface area contributed by atoms with E-state index in [1.165, 1.54) is 0 Å². The lowest BCUT2D eigenvalue weighted by Gasteiger charge is -2.35. The molecule has 2 aromatic carbocycles. The van der Waals surface area contributed by atoms with Crippen molar-refractivity contribution in [3.63, 3.8) is 0 Å². The summed E-state index contributed by atoms with van der Waals surface area (Å²) in [6, 6.07) is 12.7. The summed E-state index contributed by atoms with van der Waals surface area (Å²) in [4.78, 5) is 52.5. The lowest BCUT2D eigenvalue weighted by atomic mass is 9.67. The van der Waals surface area contributed by atoms with Gasteiger partial charge in [-0.15, -0.1) is 0 Å². The molecule has 9 nitrogen and oxygen atoms in total. The summed E-state index contributed by atoms with van der Waals surface area (Å²) in [5, 5.41) is 9.97. The van der Waals surface area contributed by atoms with Crippen LogP contribution in [0.3, 0.4) is 0 Å². The Bertz CT molecular complexity index is 968. The van der Waals surface area contributed by atoms with E-state index < -0.39 is 47.1 Å². The summed E-state index contributed by atoms with van der Waals surface area (Å²) < 4.78 is 0. The molecular formula is C24H28N4O5. The molecule has 1 aliphatic rings. The molecule has 0 unspecified atom stereocenters. The zero-order valence-corrected chi connectivity index (χ0v) is 18.1. The number of aliphatic carboxylic acids is 1. The number of Topliss-reactive ketones (excluding diaryl/α,β-unsaturated/α-hetero) is 2. The van der Waals surface area contributed by atoms with Crippen LogP contribution < -0.4 is 17.2 Å². The Morgan fingerprint density at radius 2 is 1.30 bits per heavy atom. The van der Waals surface area contributed by atoms with Gasteiger partial charge in [0.2, 0.25) is 0 Å². The first kappa shape index (κ1) is 24.1. The van der Waals surface area contributed by atoms with Gasteiger partial charge in [-0.1, -0.05) is 60.7 Å². The topological polar surface area (TPSA) is 170 Å². The molecule has 1 heterocycles. The van der Waals surface area contributed by atoms with E-state index in [2.05, 4.69) is 0 Å². The first-order valence-electron chi connectivity index (χ1n) is 10.6. The van der Waals surface area contributed by atoms with E-state index in [0.29, 0.717) is 0 Å². The van der Waals surface area contributed by atoms with Crippen molar-refractivity contribution in [2.24, 2.45) is 22.6 Å². The van der Waals surface area contributed by atoms with Gasteiger partial charge < -0.3 is 27.2 Å². The summed E-state index contributed by atoms with van der Waals surface area (Å²) in [6.45, 7) is -0.167. The maximum Gasteiger partial charge on any atom is 0.328 e. The molecule has 0 bridgehead atoms. The van der Waals surface area contributed by atoms with Crippen LogP contribution in [-0.4, -0.2) is 58.2 Å². The fourth-order valence-corrected chi connectivity index (χ4v) is 4.63. The Morgan fingerprint density at radius 3 is 1.67 bits per heavy atom. The Balaban J connectivity index is 2.00. The minimum atomic E-state index is -2.09. The summed E-state index contributed by atoms with van der Waals surface area (Å²) in [7, 11) is 0. The molecule has 3 rings (SSSR count). The molecule has 1 aliphatic heterocycles. The average Bonchev–Trinajstić information content (AvgIpc) is 3.21. The smallest absolute Gasteiger partial charge is 0.328 e. The van der Waals surface area contributed by atoms with E-state index in [0.717, 1.165) is 16.0 Å². The Labute approximate surface area is 191 Å². The molecule has 0 aromatic heterocycles. The molecule has 3 atom stereocenters. The van der Waals surface area contributed by atoms with Crippen molar-refractivity contribution in [2.45, 2.75) is 37.4 Å². The van der Waals surface area contributed by atoms with Crippen LogP contribution in [0.4, 0.5) is 4.79 Å². The maximum absolute atomic E-state index is 13.7. The molecule has 0 aliphatic carbocycles. The predicted molar refractivity (Wildman–Crippen MR) is 121 cm³/mol. The van der Waals surface area contributed by atoms with Gasteiger partial charge in [-0.05, 0) is 30.4 Å². The number of carbonyl (C=O) groups excluding carboxylic acids is 3. The highest BCUT2D eigenvalue weighted by Gasteiger charge is 2.63. The highest BCUT2D eigenvalue weighted by Crippen LogP contribution is 2.41. The fraction of sp³-hybridized carbons (Fsp3) is 0.333. The summed E-state index contributed by atoms with van der Waals surface area (Å²) in [6.07, 6.45) is -0.00731. The molecule has 1 fully saturated rings. The number of carboxylic acids is 1. The minimum Gasteiger partial charge on any atom is -0.480 e. The van der Waals surface area contributed by atoms with Crippen LogP contribution >= 0.6 is 0 Å². The second-order valence-corrected chi connectivity index (χ2v) is 8.31. The Hall–Kier alpha value is -3.56. The number of rotatable bonds is 9. The number of amides is 2. The summed E-state index contributed by atoms with van der Waals surface area (Å²) in [5.74, 6) is -3.01. The minimum absolute atomic E-state index is 0.103. The number of hydrogen-bond acceptors (Lipinski definition) is 6. The Morgan fingerprint density at radius 1 is 0.879 bits per heavy atom. The molecule has 1 saturated heterocycles. The van der Waals surface area contributed by atoms with Crippen LogP contribution in [0.2, 0.25) is 0 Å². The SMILES string of the molecule is NC(=O)N1CCC(C(=O)[C@@H](N)Cc2ccccc2)(C(=O)[C@@H](N)Cc2ccccc2)[C@H]1C(=O)O. The van der Waals surface area contributed by atoms with Gasteiger partial charge in [0.1, 0.15) is 5.41 Å². The second kappa shape index (κ2) is 9.93. The first-order chi connectivity index (χ1) is 15.7. The normalized spacial score (nSPS) is 19.0. The zero-order valence-electron chi connectivity index (χ0n) is 18.1. The van der Waals surface area contributed by atoms with Crippen LogP contribution in [0.5, 0.6) is 0 Å². The van der Waals surface area contributed by atoms with Gasteiger partial charge in [-0.2, -0.15) is 0 Å². The van der Waals surface area contributed by atoms with Gasteiger partial charge in [-0.3, -0.25) is 9.59 Å². The molecule has 33 heavy (non-hydrogen) atoms. The molecule has 2 aromatic rings. The predicted octanol–water partition coefficient (Wildman–Crippen LogP) is 0.489. The van der Waals surface area contributed by atoms with Crippen molar-refractivity contribution in [1.29, 1.82) is 0 Å². The molecule has 0 spiro atoms. The third-order valence-electron chi connectivity index (χ3n) is 6.19. The number of benzene rings is 2. The van der Waals surface area contributed by atoms with E-state index in [1.807, 2.05) is 12.1 Å². The van der Waals surface area contributed by atoms with E-state index in [4.69, 9.17) is 17.2 Å². The van der Waals surface area contributed by atoms with Crippen molar-refractivity contribution >= 4 is 23.6 Å². The van der Waals surface area contributed by atoms with Crippen molar-refractivity contribution in [3.8, 4) is 0 Å². The number of carboxylic acid groups (broad SMARTS) is 1. The Kier molecular flexibility index (Phi) is 7.25. The van der Waals surface area contributed by atoms with E-state index >= 15 is 0 Å². The van der Waals surface area contributed by atoms with Crippen LogP contribution in [-0.2, 0) is 27.2 Å². The van der Waals surface area contributed by atoms with Gasteiger partial charge >= 0.3 is 12.0 Å². The maximum atomic E-state index is 13.7. The van der Waals surface area contributed by atoms with Crippen molar-refractivity contribution in [2.75, 3.05) is 6.54 Å². The molecule has 0 radical (unpaired) electrons. The van der Waals surface area contributed by atoms with Crippen molar-refractivity contribution in [3.05, 3.63) is 71.8 Å². The number of likely N-dealkylation sites (tertiary alicyclic amines) is 1. The lowest BCUT2D eigenvalue weighted by Crippen LogP contribution is -2.62. The number of urea groups is 1. The molecule has 9 heteroatoms. The molecule has 7 N–H and O–H groups in total. The average molecular weight is 453 g/mol. The van der Waals surface area contributed by atoms with Crippen LogP contribution in [0.15, 0.2) is 60.7 Å². The number of hydrogen-bond donors (Lipinski definition) is 4. The van der Waals surface area contributed by atoms with Gasteiger partial charge in [-0.25, -0.2) is 9.59 Å². The molecule has 2 amide bonds. The van der Waals surface area contributed by atoms with Gasteiger partial charge in [0.25, 0.3) is 0 Å². The number of nitrogens with zero attached hydrogens (tertiary/aromatic N) is 1. The number of ketones is 2. The zero-order chi connectivity index (χ0) is 24.2. The standard InChI is InChI=1S/C24H28N4O5/c25-17(13-15-7-3-1-4-8-15)20(29)24(11-12-28(23(27)33)19(24)22(31)32)21(30)18(26)14-16-9-5-2-6-10-16/h1-10,17-19H,11-14,25-26H2,(H2,27,33)(H,31,32)/t17-,18-,19+/m0/s1. The number of primary amides is 1. The van der Waals surface area contributed by atoms with Crippen LogP contribution in [0.1, 0.15) is 17.5 Å². The van der Waals surface area contributed by atoms with E-state index in [1.54, 1.807) is 48.5 Å². The monoisotopic (exact) mass is 452 g/mol. The highest BCUT2D eigenvalue weighted by molar-refractivity contribution is 6.15. The largest absolute Gasteiger partial charge is 0.480 e. The quantitative estimate of drug-likeness (QED) is 0.401. The number of nitrogens with two attached hydrogens (primary N) is 3. The van der Waals surface area contributed by atoms with E-state index in [-0.39, 0.29) is 25.8 Å². The van der Waals surface area contributed by atoms with Crippen LogP contribution in [0, 0.1) is 5.41 Å². The van der Waals surface area contributed by atoms with Gasteiger partial charge in [0.05, 0.1) is 12.1 Å². The molecule has 0 saturated carbocycles. The molecular weight excluding hydrogens is 424 g/mol. The van der Waals surface area contributed by atoms with E-state index in [9.17, 15) is 24.3 Å². The van der Waals surface area contributed by atoms with Crippen molar-refractivity contribution in [1.82, 2.24) is 4.90 Å². The van der Waals surface area contributed by atoms with Gasteiger partial charge in [0.15, 0.2) is 17.6 Å². The van der Waals surface area contributed by atoms with Crippen LogP contribution in [0.25, 0.3) is 0 Å².